The zero-order chi connectivity index (χ0) is 12.1. The molecule has 0 aromatic carbocycles. The summed E-state index contributed by atoms with van der Waals surface area (Å²) in [4.78, 5) is 14.1. The van der Waals surface area contributed by atoms with Crippen LogP contribution in [0.4, 0.5) is 5.95 Å². The highest BCUT2D eigenvalue weighted by Gasteiger charge is 2.23. The van der Waals surface area contributed by atoms with E-state index in [4.69, 9.17) is 16.6 Å². The molecule has 1 saturated heterocycles. The smallest absolute Gasteiger partial charge is 0.228 e. The minimum absolute atomic E-state index is 0.654. The molecule has 1 aliphatic carbocycles. The van der Waals surface area contributed by atoms with Gasteiger partial charge >= 0.3 is 0 Å². The SMILES string of the molecule is Clc1nc(N2CCCC2)nc2sc3c(c12)CCC3. The zero-order valence-corrected chi connectivity index (χ0v) is 11.7. The Kier molecular flexibility index (Phi) is 2.49. The summed E-state index contributed by atoms with van der Waals surface area (Å²) >= 11 is 8.21. The van der Waals surface area contributed by atoms with Crippen molar-refractivity contribution in [1.29, 1.82) is 0 Å². The fraction of sp³-hybridized carbons (Fsp3) is 0.538. The van der Waals surface area contributed by atoms with Crippen LogP contribution in [0.1, 0.15) is 29.7 Å². The van der Waals surface area contributed by atoms with Crippen LogP contribution < -0.4 is 4.90 Å². The molecule has 94 valence electrons. The third-order valence-corrected chi connectivity index (χ3v) is 5.36. The number of aromatic nitrogens is 2. The van der Waals surface area contributed by atoms with Gasteiger partial charge in [-0.2, -0.15) is 0 Å². The maximum absolute atomic E-state index is 6.39. The molecule has 1 aliphatic heterocycles. The molecular weight excluding hydrogens is 266 g/mol. The van der Waals surface area contributed by atoms with Gasteiger partial charge in [0, 0.05) is 18.0 Å². The Morgan fingerprint density at radius 2 is 1.89 bits per heavy atom. The number of fused-ring (bicyclic) bond motifs is 3. The van der Waals surface area contributed by atoms with Gasteiger partial charge in [-0.15, -0.1) is 11.3 Å². The fourth-order valence-electron chi connectivity index (χ4n) is 3.00. The van der Waals surface area contributed by atoms with Crippen molar-refractivity contribution in [2.45, 2.75) is 32.1 Å². The van der Waals surface area contributed by atoms with Gasteiger partial charge in [0.05, 0.1) is 5.39 Å². The molecule has 18 heavy (non-hydrogen) atoms. The maximum atomic E-state index is 6.39. The Morgan fingerprint density at radius 1 is 1.06 bits per heavy atom. The molecule has 0 atom stereocenters. The largest absolute Gasteiger partial charge is 0.341 e. The minimum atomic E-state index is 0.654. The predicted molar refractivity (Wildman–Crippen MR) is 75.9 cm³/mol. The summed E-state index contributed by atoms with van der Waals surface area (Å²) in [6.07, 6.45) is 6.05. The average Bonchev–Trinajstić information content (AvgIpc) is 3.04. The Hall–Kier alpha value is -0.870. The molecule has 3 nitrogen and oxygen atoms in total. The highest BCUT2D eigenvalue weighted by atomic mass is 35.5. The van der Waals surface area contributed by atoms with E-state index in [9.17, 15) is 0 Å². The molecule has 1 fully saturated rings. The number of anilines is 1. The molecule has 2 aromatic rings. The van der Waals surface area contributed by atoms with Crippen LogP contribution >= 0.6 is 22.9 Å². The van der Waals surface area contributed by atoms with Crippen LogP contribution in [0.25, 0.3) is 10.2 Å². The number of hydrogen-bond acceptors (Lipinski definition) is 4. The molecule has 0 unspecified atom stereocenters. The van der Waals surface area contributed by atoms with Crippen LogP contribution in [0.15, 0.2) is 0 Å². The van der Waals surface area contributed by atoms with Crippen molar-refractivity contribution in [2.24, 2.45) is 0 Å². The van der Waals surface area contributed by atoms with Crippen LogP contribution in [0.3, 0.4) is 0 Å². The van der Waals surface area contributed by atoms with E-state index in [1.165, 1.54) is 36.1 Å². The number of hydrogen-bond donors (Lipinski definition) is 0. The molecule has 0 N–H and O–H groups in total. The van der Waals surface area contributed by atoms with Gasteiger partial charge < -0.3 is 4.90 Å². The second-order valence-electron chi connectivity index (χ2n) is 5.05. The van der Waals surface area contributed by atoms with Gasteiger partial charge in [0.15, 0.2) is 0 Å². The van der Waals surface area contributed by atoms with Crippen LogP contribution in [-0.4, -0.2) is 23.1 Å². The number of halogens is 1. The van der Waals surface area contributed by atoms with Crippen LogP contribution in [0.2, 0.25) is 5.15 Å². The Morgan fingerprint density at radius 3 is 2.72 bits per heavy atom. The molecular formula is C13H14ClN3S. The third-order valence-electron chi connectivity index (χ3n) is 3.90. The quantitative estimate of drug-likeness (QED) is 0.749. The van der Waals surface area contributed by atoms with Crippen molar-refractivity contribution in [2.75, 3.05) is 18.0 Å². The first kappa shape index (κ1) is 11.0. The normalized spacial score (nSPS) is 18.8. The van der Waals surface area contributed by atoms with E-state index in [2.05, 4.69) is 9.88 Å². The van der Waals surface area contributed by atoms with Crippen LogP contribution in [0.5, 0.6) is 0 Å². The molecule has 0 amide bonds. The number of rotatable bonds is 1. The summed E-state index contributed by atoms with van der Waals surface area (Å²) in [7, 11) is 0. The average molecular weight is 280 g/mol. The first-order valence-electron chi connectivity index (χ1n) is 6.55. The van der Waals surface area contributed by atoms with Crippen molar-refractivity contribution in [1.82, 2.24) is 9.97 Å². The van der Waals surface area contributed by atoms with E-state index < -0.39 is 0 Å². The Balaban J connectivity index is 1.88. The Bertz CT molecular complexity index is 616. The van der Waals surface area contributed by atoms with Gasteiger partial charge in [-0.05, 0) is 37.7 Å². The van der Waals surface area contributed by atoms with Crippen molar-refractivity contribution in [3.8, 4) is 0 Å². The summed E-state index contributed by atoms with van der Waals surface area (Å²) in [5.74, 6) is 0.824. The fourth-order valence-corrected chi connectivity index (χ4v) is 4.59. The first-order chi connectivity index (χ1) is 8.83. The third kappa shape index (κ3) is 1.55. The van der Waals surface area contributed by atoms with Crippen LogP contribution in [0, 0.1) is 0 Å². The Labute approximate surface area is 115 Å². The molecule has 2 aliphatic rings. The molecule has 0 spiro atoms. The topological polar surface area (TPSA) is 29.0 Å². The predicted octanol–water partition coefficient (Wildman–Crippen LogP) is 3.43. The first-order valence-corrected chi connectivity index (χ1v) is 7.75. The van der Waals surface area contributed by atoms with Gasteiger partial charge in [-0.25, -0.2) is 9.97 Å². The summed E-state index contributed by atoms with van der Waals surface area (Å²) in [6, 6.07) is 0. The van der Waals surface area contributed by atoms with Crippen molar-refractivity contribution < 1.29 is 0 Å². The van der Waals surface area contributed by atoms with Gasteiger partial charge in [0.2, 0.25) is 5.95 Å². The van der Waals surface area contributed by atoms with E-state index in [0.717, 1.165) is 35.7 Å². The lowest BCUT2D eigenvalue weighted by Gasteiger charge is -2.15. The lowest BCUT2D eigenvalue weighted by molar-refractivity contribution is 0.905. The molecule has 5 heteroatoms. The summed E-state index contributed by atoms with van der Waals surface area (Å²) < 4.78 is 0. The van der Waals surface area contributed by atoms with E-state index in [1.807, 2.05) is 11.3 Å². The van der Waals surface area contributed by atoms with Gasteiger partial charge in [-0.1, -0.05) is 11.6 Å². The standard InChI is InChI=1S/C13H14ClN3S/c14-11-10-8-4-3-5-9(8)18-12(10)16-13(15-11)17-6-1-2-7-17/h1-7H2. The molecule has 3 heterocycles. The van der Waals surface area contributed by atoms with Crippen molar-refractivity contribution >= 4 is 39.1 Å². The van der Waals surface area contributed by atoms with E-state index in [-0.39, 0.29) is 0 Å². The van der Waals surface area contributed by atoms with Gasteiger partial charge in [0.1, 0.15) is 9.98 Å². The minimum Gasteiger partial charge on any atom is -0.341 e. The zero-order valence-electron chi connectivity index (χ0n) is 10.1. The second kappa shape index (κ2) is 4.07. The number of nitrogens with zero attached hydrogens (tertiary/aromatic N) is 3. The number of aryl methyl sites for hydroxylation is 2. The van der Waals surface area contributed by atoms with E-state index >= 15 is 0 Å². The molecule has 0 bridgehead atoms. The molecule has 0 saturated carbocycles. The van der Waals surface area contributed by atoms with Crippen molar-refractivity contribution in [3.63, 3.8) is 0 Å². The highest BCUT2D eigenvalue weighted by Crippen LogP contribution is 2.40. The molecule has 2 aromatic heterocycles. The lowest BCUT2D eigenvalue weighted by Crippen LogP contribution is -2.20. The molecule has 0 radical (unpaired) electrons. The highest BCUT2D eigenvalue weighted by molar-refractivity contribution is 7.19. The van der Waals surface area contributed by atoms with Crippen LogP contribution in [-0.2, 0) is 12.8 Å². The monoisotopic (exact) mass is 279 g/mol. The number of thiophene rings is 1. The van der Waals surface area contributed by atoms with E-state index in [0.29, 0.717) is 5.15 Å². The van der Waals surface area contributed by atoms with Gasteiger partial charge in [0.25, 0.3) is 0 Å². The summed E-state index contributed by atoms with van der Waals surface area (Å²) in [5.41, 5.74) is 1.41. The lowest BCUT2D eigenvalue weighted by atomic mass is 10.2. The van der Waals surface area contributed by atoms with Crippen molar-refractivity contribution in [3.05, 3.63) is 15.6 Å². The van der Waals surface area contributed by atoms with Gasteiger partial charge in [-0.3, -0.25) is 0 Å². The second-order valence-corrected chi connectivity index (χ2v) is 6.49. The molecule has 4 rings (SSSR count). The maximum Gasteiger partial charge on any atom is 0.228 e. The summed E-state index contributed by atoms with van der Waals surface area (Å²) in [6.45, 7) is 2.12. The van der Waals surface area contributed by atoms with E-state index in [1.54, 1.807) is 0 Å². The summed E-state index contributed by atoms with van der Waals surface area (Å²) in [5, 5.41) is 1.78.